The summed E-state index contributed by atoms with van der Waals surface area (Å²) in [5.74, 6) is 0.995. The van der Waals surface area contributed by atoms with Crippen LogP contribution in [0.2, 0.25) is 5.02 Å². The van der Waals surface area contributed by atoms with Crippen LogP contribution in [-0.4, -0.2) is 19.1 Å². The molecule has 0 bridgehead atoms. The van der Waals surface area contributed by atoms with Gasteiger partial charge in [-0.2, -0.15) is 13.2 Å². The van der Waals surface area contributed by atoms with Gasteiger partial charge >= 0.3 is 6.18 Å². The van der Waals surface area contributed by atoms with Gasteiger partial charge in [-0.1, -0.05) is 23.7 Å². The number of pyridine rings is 1. The van der Waals surface area contributed by atoms with Crippen LogP contribution in [0.1, 0.15) is 11.1 Å². The smallest absolute Gasteiger partial charge is 0.417 e. The number of alkyl halides is 3. The number of rotatable bonds is 4. The van der Waals surface area contributed by atoms with Crippen LogP contribution in [0, 0.1) is 0 Å². The molecule has 0 aliphatic heterocycles. The van der Waals surface area contributed by atoms with Crippen LogP contribution < -0.4 is 9.64 Å². The molecule has 0 unspecified atom stereocenters. The zero-order chi connectivity index (χ0) is 16.3. The summed E-state index contributed by atoms with van der Waals surface area (Å²) in [6.07, 6.45) is -3.68. The first-order chi connectivity index (χ1) is 10.3. The molecule has 0 amide bonds. The number of hydrogen-bond acceptors (Lipinski definition) is 3. The minimum Gasteiger partial charge on any atom is -0.497 e. The zero-order valence-electron chi connectivity index (χ0n) is 12.0. The molecule has 1 aromatic carbocycles. The molecule has 0 radical (unpaired) electrons. The highest BCUT2D eigenvalue weighted by Gasteiger charge is 2.31. The van der Waals surface area contributed by atoms with Crippen molar-refractivity contribution >= 4 is 17.4 Å². The molecule has 1 aromatic heterocycles. The lowest BCUT2D eigenvalue weighted by Crippen LogP contribution is -2.19. The lowest BCUT2D eigenvalue weighted by molar-refractivity contribution is -0.137. The molecule has 0 atom stereocenters. The Balaban J connectivity index is 2.20. The first-order valence-electron chi connectivity index (χ1n) is 6.38. The largest absolute Gasteiger partial charge is 0.497 e. The van der Waals surface area contributed by atoms with Crippen molar-refractivity contribution in [1.82, 2.24) is 4.98 Å². The van der Waals surface area contributed by atoms with Crippen LogP contribution in [0.5, 0.6) is 5.75 Å². The fourth-order valence-electron chi connectivity index (χ4n) is 1.99. The predicted octanol–water partition coefficient (Wildman–Crippen LogP) is 4.40. The summed E-state index contributed by atoms with van der Waals surface area (Å²) in [4.78, 5) is 5.50. The Morgan fingerprint density at radius 3 is 2.59 bits per heavy atom. The molecule has 0 aliphatic carbocycles. The Morgan fingerprint density at radius 2 is 2.00 bits per heavy atom. The van der Waals surface area contributed by atoms with Crippen molar-refractivity contribution in [3.63, 3.8) is 0 Å². The van der Waals surface area contributed by atoms with Gasteiger partial charge in [0.2, 0.25) is 0 Å². The highest BCUT2D eigenvalue weighted by molar-refractivity contribution is 6.33. The van der Waals surface area contributed by atoms with Gasteiger partial charge in [-0.05, 0) is 23.8 Å². The molecule has 0 saturated carbocycles. The Morgan fingerprint density at radius 1 is 1.27 bits per heavy atom. The maximum atomic E-state index is 12.6. The number of anilines is 1. The van der Waals surface area contributed by atoms with Crippen LogP contribution in [0.25, 0.3) is 0 Å². The summed E-state index contributed by atoms with van der Waals surface area (Å²) >= 11 is 5.93. The average Bonchev–Trinajstić information content (AvgIpc) is 2.46. The van der Waals surface area contributed by atoms with E-state index in [1.54, 1.807) is 19.1 Å². The van der Waals surface area contributed by atoms with Gasteiger partial charge in [-0.15, -0.1) is 0 Å². The van der Waals surface area contributed by atoms with Crippen LogP contribution in [-0.2, 0) is 12.7 Å². The van der Waals surface area contributed by atoms with E-state index in [9.17, 15) is 13.2 Å². The Labute approximate surface area is 131 Å². The van der Waals surface area contributed by atoms with Gasteiger partial charge in [0.25, 0.3) is 0 Å². The van der Waals surface area contributed by atoms with E-state index in [0.29, 0.717) is 12.3 Å². The SMILES string of the molecule is COc1cccc(CN(C)c2ncc(C(F)(F)F)cc2Cl)c1. The number of benzene rings is 1. The van der Waals surface area contributed by atoms with Crippen molar-refractivity contribution in [2.75, 3.05) is 19.1 Å². The van der Waals surface area contributed by atoms with E-state index >= 15 is 0 Å². The second-order valence-corrected chi connectivity index (χ2v) is 5.14. The highest BCUT2D eigenvalue weighted by Crippen LogP contribution is 2.33. The molecular weight excluding hydrogens is 317 g/mol. The van der Waals surface area contributed by atoms with Crippen molar-refractivity contribution in [3.05, 3.63) is 52.7 Å². The maximum absolute atomic E-state index is 12.6. The second kappa shape index (κ2) is 6.44. The summed E-state index contributed by atoms with van der Waals surface area (Å²) in [6.45, 7) is 0.440. The molecule has 22 heavy (non-hydrogen) atoms. The van der Waals surface area contributed by atoms with Gasteiger partial charge in [0.05, 0.1) is 17.7 Å². The summed E-state index contributed by atoms with van der Waals surface area (Å²) in [7, 11) is 3.28. The molecule has 0 N–H and O–H groups in total. The molecule has 7 heteroatoms. The lowest BCUT2D eigenvalue weighted by atomic mass is 10.2. The molecule has 3 nitrogen and oxygen atoms in total. The van der Waals surface area contributed by atoms with Gasteiger partial charge in [0, 0.05) is 19.8 Å². The zero-order valence-corrected chi connectivity index (χ0v) is 12.7. The number of aromatic nitrogens is 1. The van der Waals surface area contributed by atoms with Crippen molar-refractivity contribution in [2.24, 2.45) is 0 Å². The Hall–Kier alpha value is -1.95. The fraction of sp³-hybridized carbons (Fsp3) is 0.267. The van der Waals surface area contributed by atoms with E-state index in [1.165, 1.54) is 0 Å². The van der Waals surface area contributed by atoms with Gasteiger partial charge in [-0.25, -0.2) is 4.98 Å². The number of nitrogens with zero attached hydrogens (tertiary/aromatic N) is 2. The van der Waals surface area contributed by atoms with E-state index in [2.05, 4.69) is 4.98 Å². The van der Waals surface area contributed by atoms with Crippen molar-refractivity contribution in [1.29, 1.82) is 0 Å². The lowest BCUT2D eigenvalue weighted by Gasteiger charge is -2.20. The molecule has 0 spiro atoms. The van der Waals surface area contributed by atoms with Crippen LogP contribution in [0.4, 0.5) is 19.0 Å². The second-order valence-electron chi connectivity index (χ2n) is 4.73. The highest BCUT2D eigenvalue weighted by atomic mass is 35.5. The Kier molecular flexibility index (Phi) is 4.81. The van der Waals surface area contributed by atoms with E-state index in [0.717, 1.165) is 17.8 Å². The van der Waals surface area contributed by atoms with Crippen LogP contribution in [0.15, 0.2) is 36.5 Å². The minimum atomic E-state index is -4.46. The Bertz CT molecular complexity index is 661. The normalized spacial score (nSPS) is 11.4. The van der Waals surface area contributed by atoms with E-state index in [4.69, 9.17) is 16.3 Å². The topological polar surface area (TPSA) is 25.4 Å². The average molecular weight is 331 g/mol. The third-order valence-corrected chi connectivity index (χ3v) is 3.34. The first kappa shape index (κ1) is 16.4. The van der Waals surface area contributed by atoms with E-state index in [1.807, 2.05) is 24.3 Å². The number of ether oxygens (including phenoxy) is 1. The van der Waals surface area contributed by atoms with Gasteiger partial charge in [-0.3, -0.25) is 0 Å². The predicted molar refractivity (Wildman–Crippen MR) is 79.4 cm³/mol. The number of hydrogen-bond donors (Lipinski definition) is 0. The summed E-state index contributed by atoms with van der Waals surface area (Å²) in [5, 5.41) is -0.0415. The molecule has 2 rings (SSSR count). The molecule has 0 fully saturated rings. The fourth-order valence-corrected chi connectivity index (χ4v) is 2.30. The molecular formula is C15H14ClF3N2O. The summed E-state index contributed by atoms with van der Waals surface area (Å²) in [6, 6.07) is 8.26. The minimum absolute atomic E-state index is 0.0415. The van der Waals surface area contributed by atoms with Gasteiger partial charge < -0.3 is 9.64 Å². The molecule has 118 valence electrons. The number of methoxy groups -OCH3 is 1. The van der Waals surface area contributed by atoms with Crippen LogP contribution >= 0.6 is 11.6 Å². The van der Waals surface area contributed by atoms with E-state index < -0.39 is 11.7 Å². The first-order valence-corrected chi connectivity index (χ1v) is 6.76. The van der Waals surface area contributed by atoms with Gasteiger partial charge in [0.1, 0.15) is 11.6 Å². The van der Waals surface area contributed by atoms with Crippen LogP contribution in [0.3, 0.4) is 0 Å². The van der Waals surface area contributed by atoms with Crippen molar-refractivity contribution < 1.29 is 17.9 Å². The molecule has 2 aromatic rings. The quantitative estimate of drug-likeness (QED) is 0.831. The summed E-state index contributed by atoms with van der Waals surface area (Å²) in [5.41, 5.74) is 0.0654. The molecule has 0 saturated heterocycles. The summed E-state index contributed by atoms with van der Waals surface area (Å²) < 4.78 is 42.9. The van der Waals surface area contributed by atoms with Crippen molar-refractivity contribution in [2.45, 2.75) is 12.7 Å². The third kappa shape index (κ3) is 3.82. The molecule has 0 aliphatic rings. The standard InChI is InChI=1S/C15H14ClF3N2O/c1-21(9-10-4-3-5-12(6-10)22-2)14-13(16)7-11(8-20-14)15(17,18)19/h3-8H,9H2,1-2H3. The maximum Gasteiger partial charge on any atom is 0.417 e. The number of halogens is 4. The molecule has 1 heterocycles. The van der Waals surface area contributed by atoms with E-state index in [-0.39, 0.29) is 10.8 Å². The third-order valence-electron chi connectivity index (χ3n) is 3.06. The van der Waals surface area contributed by atoms with Gasteiger partial charge in [0.15, 0.2) is 0 Å². The van der Waals surface area contributed by atoms with Crippen molar-refractivity contribution in [3.8, 4) is 5.75 Å². The monoisotopic (exact) mass is 330 g/mol.